The van der Waals surface area contributed by atoms with Crippen LogP contribution in [0.1, 0.15) is 60.3 Å². The van der Waals surface area contributed by atoms with Gasteiger partial charge in [-0.15, -0.1) is 0 Å². The van der Waals surface area contributed by atoms with Crippen molar-refractivity contribution in [2.45, 2.75) is 82.5 Å². The second kappa shape index (κ2) is 15.1. The summed E-state index contributed by atoms with van der Waals surface area (Å²) in [6.07, 6.45) is 2.74. The first-order valence-corrected chi connectivity index (χ1v) is 15.7. The second-order valence-corrected chi connectivity index (χ2v) is 13.6. The number of carbonyl (C=O) groups is 7. The van der Waals surface area contributed by atoms with Crippen molar-refractivity contribution in [3.05, 3.63) is 11.8 Å². The molecule has 2 saturated heterocycles. The zero-order valence-electron chi connectivity index (χ0n) is 23.5. The van der Waals surface area contributed by atoms with Crippen molar-refractivity contribution >= 4 is 39.1 Å². The summed E-state index contributed by atoms with van der Waals surface area (Å²) in [6, 6.07) is -2.37. The molecule has 2 heterocycles. The molecule has 13 nitrogen and oxygen atoms in total. The molecule has 2 fully saturated rings. The zero-order chi connectivity index (χ0) is 30.1. The number of hydrogen-bond acceptors (Lipinski definition) is 8. The van der Waals surface area contributed by atoms with Gasteiger partial charge in [0.1, 0.15) is 0 Å². The Morgan fingerprint density at radius 1 is 1.05 bits per heavy atom. The van der Waals surface area contributed by atoms with E-state index in [1.54, 1.807) is 32.6 Å². The number of Topliss-reactive ketones (excluding diaryl/α,β-unsaturated/α-hetero) is 1. The number of nitrogens with zero attached hydrogens (tertiary/aromatic N) is 1. The van der Waals surface area contributed by atoms with Gasteiger partial charge in [-0.2, -0.15) is 0 Å². The van der Waals surface area contributed by atoms with Crippen LogP contribution < -0.4 is 48.2 Å². The van der Waals surface area contributed by atoms with Gasteiger partial charge in [0.2, 0.25) is 0 Å². The van der Waals surface area contributed by atoms with Crippen molar-refractivity contribution in [2.75, 3.05) is 13.1 Å². The van der Waals surface area contributed by atoms with Crippen molar-refractivity contribution < 1.29 is 54.8 Å². The van der Waals surface area contributed by atoms with E-state index in [4.69, 9.17) is 5.73 Å². The van der Waals surface area contributed by atoms with E-state index in [1.807, 2.05) is 0 Å². The van der Waals surface area contributed by atoms with Gasteiger partial charge < -0.3 is 0 Å². The molecular formula is C26H40IN6O7-. The average molecular weight is 676 g/mol. The van der Waals surface area contributed by atoms with Gasteiger partial charge >= 0.3 is 245 Å². The molecule has 0 spiro atoms. The number of likely N-dealkylation sites (tertiary alicyclic amines) is 1. The predicted molar refractivity (Wildman–Crippen MR) is 141 cm³/mol. The summed E-state index contributed by atoms with van der Waals surface area (Å²) >= 11 is -1.36. The molecule has 0 aromatic carbocycles. The molecule has 0 radical (unpaired) electrons. The average Bonchev–Trinajstić information content (AvgIpc) is 3.48. The van der Waals surface area contributed by atoms with E-state index in [9.17, 15) is 33.6 Å². The van der Waals surface area contributed by atoms with Gasteiger partial charge in [-0.3, -0.25) is 0 Å². The Morgan fingerprint density at radius 2 is 1.73 bits per heavy atom. The molecule has 1 unspecified atom stereocenters. The summed E-state index contributed by atoms with van der Waals surface area (Å²) in [6.45, 7) is 9.06. The molecule has 0 aromatic rings. The molecule has 14 heteroatoms. The molecule has 0 aromatic heterocycles. The number of allylic oxidation sites excluding steroid dienone is 1. The Labute approximate surface area is 244 Å². The molecule has 2 aliphatic heterocycles. The summed E-state index contributed by atoms with van der Waals surface area (Å²) in [4.78, 5) is 89.4. The van der Waals surface area contributed by atoms with Crippen LogP contribution in [0.15, 0.2) is 11.8 Å². The van der Waals surface area contributed by atoms with Crippen LogP contribution >= 0.6 is 0 Å². The van der Waals surface area contributed by atoms with Crippen molar-refractivity contribution in [2.24, 2.45) is 17.6 Å². The second-order valence-electron chi connectivity index (χ2n) is 10.6. The number of halogens is 1. The van der Waals surface area contributed by atoms with Crippen molar-refractivity contribution in [1.82, 2.24) is 26.2 Å². The van der Waals surface area contributed by atoms with Gasteiger partial charge in [-0.25, -0.2) is 0 Å². The number of hydrogen-bond donors (Lipinski definition) is 5. The molecule has 224 valence electrons. The number of nitrogens with one attached hydrogen (secondary N) is 4. The van der Waals surface area contributed by atoms with Crippen molar-refractivity contribution in [3.8, 4) is 0 Å². The fourth-order valence-corrected chi connectivity index (χ4v) is 7.30. The Balaban J connectivity index is 2.13. The number of alkyl halides is 1. The normalized spacial score (nSPS) is 20.7. The van der Waals surface area contributed by atoms with Crippen LogP contribution in [-0.4, -0.2) is 79.3 Å². The van der Waals surface area contributed by atoms with E-state index >= 15 is 0 Å². The first kappa shape index (κ1) is 33.2. The van der Waals surface area contributed by atoms with Gasteiger partial charge in [0.15, 0.2) is 0 Å². The van der Waals surface area contributed by atoms with Gasteiger partial charge in [0.05, 0.1) is 0 Å². The zero-order valence-corrected chi connectivity index (χ0v) is 25.7. The molecule has 4 atom stereocenters. The number of nitrogens with two attached hydrogens (primary N) is 1. The number of amides is 5. The minimum atomic E-state index is -1.36. The van der Waals surface area contributed by atoms with Crippen LogP contribution in [0.2, 0.25) is 0 Å². The fourth-order valence-electron chi connectivity index (χ4n) is 4.45. The van der Waals surface area contributed by atoms with Crippen LogP contribution in [0.5, 0.6) is 0 Å². The first-order chi connectivity index (χ1) is 18.7. The Hall–Kier alpha value is -3.04. The molecule has 5 amide bonds. The molecule has 6 N–H and O–H groups in total. The molecule has 0 saturated carbocycles. The van der Waals surface area contributed by atoms with E-state index in [1.165, 1.54) is 6.92 Å². The summed E-state index contributed by atoms with van der Waals surface area (Å²) < 4.78 is -0.805. The Bertz CT molecular complexity index is 1060. The number of rotatable bonds is 13. The summed E-state index contributed by atoms with van der Waals surface area (Å²) in [5, 5.41) is 10.5. The third kappa shape index (κ3) is 9.55. The van der Waals surface area contributed by atoms with Gasteiger partial charge in [0, 0.05) is 0 Å². The fraction of sp³-hybridized carbons (Fsp3) is 0.654. The molecule has 2 rings (SSSR count). The van der Waals surface area contributed by atoms with Crippen LogP contribution in [0.3, 0.4) is 0 Å². The van der Waals surface area contributed by atoms with Crippen LogP contribution in [-0.2, 0) is 28.8 Å². The van der Waals surface area contributed by atoms with E-state index in [2.05, 4.69) is 21.3 Å². The van der Waals surface area contributed by atoms with Crippen LogP contribution in [0.25, 0.3) is 0 Å². The van der Waals surface area contributed by atoms with E-state index in [-0.39, 0.29) is 39.9 Å². The third-order valence-electron chi connectivity index (χ3n) is 6.46. The summed E-state index contributed by atoms with van der Waals surface area (Å²) in [7, 11) is 0. The summed E-state index contributed by atoms with van der Waals surface area (Å²) in [5.41, 5.74) is 5.37. The Kier molecular flexibility index (Phi) is 12.5. The third-order valence-corrected chi connectivity index (χ3v) is 9.35. The van der Waals surface area contributed by atoms with Crippen LogP contribution in [0.4, 0.5) is 4.79 Å². The number of carbonyl (C=O) groups excluding carboxylic acids is 7. The Morgan fingerprint density at radius 3 is 2.27 bits per heavy atom. The number of ketones is 2. The van der Waals surface area contributed by atoms with Gasteiger partial charge in [-0.05, 0) is 0 Å². The monoisotopic (exact) mass is 675 g/mol. The molecule has 0 bridgehead atoms. The SMILES string of the molecule is CC(=O)/C=C(\N)C(=O)N[C@H](C(=O)N1CCCC1[I-]C(=O)N[C@@H](C[C@@H]1CCNC1=O)C(=O)C(=O)NC(C)C)C(C)C. The van der Waals surface area contributed by atoms with E-state index in [0.717, 1.165) is 6.08 Å². The molecule has 0 aliphatic carbocycles. The van der Waals surface area contributed by atoms with Crippen molar-refractivity contribution in [3.63, 3.8) is 0 Å². The minimum absolute atomic E-state index is 0.00956. The van der Waals surface area contributed by atoms with Crippen molar-refractivity contribution in [1.29, 1.82) is 0 Å². The topological polar surface area (TPSA) is 197 Å². The maximum atomic E-state index is 13.5. The van der Waals surface area contributed by atoms with Crippen LogP contribution in [0, 0.1) is 11.8 Å². The van der Waals surface area contributed by atoms with E-state index in [0.29, 0.717) is 32.4 Å². The van der Waals surface area contributed by atoms with E-state index < -0.39 is 66.5 Å². The molecule has 2 aliphatic rings. The quantitative estimate of drug-likeness (QED) is 0.0328. The predicted octanol–water partition coefficient (Wildman–Crippen LogP) is -3.71. The maximum absolute atomic E-state index is 13.5. The standard InChI is InChI=1S/C26H40IN6O7/c1-13(2)20(32-23(37)17(28)11-15(5)34)25(39)33-10-6-7-19(33)27-26(40)31-18(12-16-8-9-29-22(16)36)21(35)24(38)30-14(3)4/h11,13-14,16,18-20H,6-10,12,28H2,1-5H3,(H,29,36)(H,30,38)(H,31,40)(H,32,37)/q-1/b17-11-/t16-,18-,19?,20-/m0/s1. The first-order valence-electron chi connectivity index (χ1n) is 13.4. The molecule has 40 heavy (non-hydrogen) atoms. The van der Waals surface area contributed by atoms with Gasteiger partial charge in [0.25, 0.3) is 0 Å². The summed E-state index contributed by atoms with van der Waals surface area (Å²) in [5.74, 6) is -4.16. The molecular weight excluding hydrogens is 635 g/mol. The van der Waals surface area contributed by atoms with Gasteiger partial charge in [-0.1, -0.05) is 0 Å².